The van der Waals surface area contributed by atoms with Crippen molar-refractivity contribution < 1.29 is 14.6 Å². The predicted octanol–water partition coefficient (Wildman–Crippen LogP) is 4.28. The number of hydrogen-bond donors (Lipinski definition) is 3. The van der Waals surface area contributed by atoms with E-state index in [9.17, 15) is 9.90 Å². The van der Waals surface area contributed by atoms with Crippen LogP contribution >= 0.6 is 12.4 Å². The van der Waals surface area contributed by atoms with Gasteiger partial charge < -0.3 is 20.9 Å². The van der Waals surface area contributed by atoms with Gasteiger partial charge >= 0.3 is 0 Å². The number of rotatable bonds is 8. The number of aliphatic hydroxyl groups excluding tert-OH is 1. The number of nitrogens with one attached hydrogen (secondary N) is 1. The van der Waals surface area contributed by atoms with Gasteiger partial charge in [-0.25, -0.2) is 0 Å². The van der Waals surface area contributed by atoms with Crippen LogP contribution in [0, 0.1) is 5.92 Å². The Morgan fingerprint density at radius 3 is 2.55 bits per heavy atom. The van der Waals surface area contributed by atoms with Gasteiger partial charge in [0.1, 0.15) is 18.5 Å². The van der Waals surface area contributed by atoms with Gasteiger partial charge in [0, 0.05) is 17.8 Å². The lowest BCUT2D eigenvalue weighted by Gasteiger charge is -2.26. The first-order valence-electron chi connectivity index (χ1n) is 10.1. The number of ether oxygens (including phenoxy) is 1. The number of hydrogen-bond acceptors (Lipinski definition) is 4. The second kappa shape index (κ2) is 11.8. The number of aliphatic hydroxyl groups is 1. The van der Waals surface area contributed by atoms with Crippen LogP contribution < -0.4 is 15.8 Å². The second-order valence-electron chi connectivity index (χ2n) is 7.64. The number of halogens is 1. The van der Waals surface area contributed by atoms with Crippen molar-refractivity contribution in [2.24, 2.45) is 11.7 Å². The van der Waals surface area contributed by atoms with E-state index in [0.717, 1.165) is 18.4 Å². The molecular formula is C23H31ClN2O3. The number of carbonyl (C=O) groups is 1. The van der Waals surface area contributed by atoms with Crippen molar-refractivity contribution in [1.29, 1.82) is 0 Å². The number of amides is 1. The van der Waals surface area contributed by atoms with Crippen LogP contribution in [0.1, 0.15) is 44.1 Å². The van der Waals surface area contributed by atoms with E-state index in [-0.39, 0.29) is 12.4 Å². The van der Waals surface area contributed by atoms with Crippen LogP contribution in [0.3, 0.4) is 0 Å². The summed E-state index contributed by atoms with van der Waals surface area (Å²) in [5.74, 6) is 0.701. The third-order valence-electron chi connectivity index (χ3n) is 5.35. The standard InChI is InChI=1S/C23H30N2O3.ClH/c24-21(14-17-8-3-1-4-9-17)22(26)23(27)25-19-12-7-13-20(15-19)28-16-18-10-5-2-6-11-18;/h2,5-7,10-13,15,17,21-22,26H,1,3-4,8-9,14,16,24H2,(H,25,27);1H/t21-,22?;/m1./s1. The van der Waals surface area contributed by atoms with Gasteiger partial charge in [0.05, 0.1) is 0 Å². The molecule has 0 radical (unpaired) electrons. The Morgan fingerprint density at radius 1 is 1.10 bits per heavy atom. The zero-order valence-corrected chi connectivity index (χ0v) is 17.4. The highest BCUT2D eigenvalue weighted by atomic mass is 35.5. The minimum absolute atomic E-state index is 0. The van der Waals surface area contributed by atoms with E-state index in [2.05, 4.69) is 5.32 Å². The molecule has 2 aromatic rings. The average molecular weight is 419 g/mol. The van der Waals surface area contributed by atoms with Gasteiger partial charge in [0.15, 0.2) is 0 Å². The highest BCUT2D eigenvalue weighted by molar-refractivity contribution is 5.94. The molecule has 6 heteroatoms. The monoisotopic (exact) mass is 418 g/mol. The Hall–Kier alpha value is -2.08. The molecule has 3 rings (SSSR count). The van der Waals surface area contributed by atoms with Gasteiger partial charge in [-0.3, -0.25) is 4.79 Å². The smallest absolute Gasteiger partial charge is 0.254 e. The SMILES string of the molecule is Cl.N[C@H](CC1CCCCC1)C(O)C(=O)Nc1cccc(OCc2ccccc2)c1. The maximum atomic E-state index is 12.4. The number of benzene rings is 2. The molecule has 1 amide bonds. The Bertz CT molecular complexity index is 751. The third kappa shape index (κ3) is 7.35. The molecule has 1 saturated carbocycles. The van der Waals surface area contributed by atoms with Crippen molar-refractivity contribution in [3.05, 3.63) is 60.2 Å². The van der Waals surface area contributed by atoms with Gasteiger partial charge in [-0.05, 0) is 30.0 Å². The van der Waals surface area contributed by atoms with Crippen LogP contribution in [-0.4, -0.2) is 23.2 Å². The molecule has 0 bridgehead atoms. The molecule has 0 aliphatic heterocycles. The van der Waals surface area contributed by atoms with Crippen molar-refractivity contribution in [1.82, 2.24) is 0 Å². The summed E-state index contributed by atoms with van der Waals surface area (Å²) in [6, 6.07) is 16.5. The van der Waals surface area contributed by atoms with E-state index >= 15 is 0 Å². The van der Waals surface area contributed by atoms with Crippen molar-refractivity contribution >= 4 is 24.0 Å². The summed E-state index contributed by atoms with van der Waals surface area (Å²) in [6.07, 6.45) is 5.47. The first kappa shape index (κ1) is 23.2. The molecule has 158 valence electrons. The van der Waals surface area contributed by atoms with Crippen LogP contribution in [0.15, 0.2) is 54.6 Å². The average Bonchev–Trinajstić information content (AvgIpc) is 2.73. The lowest BCUT2D eigenvalue weighted by atomic mass is 9.84. The molecule has 1 aliphatic rings. The van der Waals surface area contributed by atoms with Crippen molar-refractivity contribution in [3.63, 3.8) is 0 Å². The zero-order chi connectivity index (χ0) is 19.8. The first-order chi connectivity index (χ1) is 13.6. The quantitative estimate of drug-likeness (QED) is 0.597. The fourth-order valence-electron chi connectivity index (χ4n) is 3.75. The molecule has 2 atom stereocenters. The number of anilines is 1. The van der Waals surface area contributed by atoms with Gasteiger partial charge in [-0.2, -0.15) is 0 Å². The van der Waals surface area contributed by atoms with Crippen LogP contribution in [-0.2, 0) is 11.4 Å². The fraction of sp³-hybridized carbons (Fsp3) is 0.435. The highest BCUT2D eigenvalue weighted by Crippen LogP contribution is 2.27. The molecule has 0 saturated heterocycles. The summed E-state index contributed by atoms with van der Waals surface area (Å²) in [4.78, 5) is 12.4. The summed E-state index contributed by atoms with van der Waals surface area (Å²) >= 11 is 0. The van der Waals surface area contributed by atoms with E-state index in [1.807, 2.05) is 42.5 Å². The van der Waals surface area contributed by atoms with Crippen LogP contribution in [0.4, 0.5) is 5.69 Å². The lowest BCUT2D eigenvalue weighted by molar-refractivity contribution is -0.125. The minimum atomic E-state index is -1.21. The lowest BCUT2D eigenvalue weighted by Crippen LogP contribution is -2.44. The molecule has 1 fully saturated rings. The molecule has 0 spiro atoms. The van der Waals surface area contributed by atoms with E-state index in [1.54, 1.807) is 12.1 Å². The topological polar surface area (TPSA) is 84.6 Å². The molecule has 4 N–H and O–H groups in total. The van der Waals surface area contributed by atoms with Crippen molar-refractivity contribution in [2.45, 2.75) is 57.3 Å². The zero-order valence-electron chi connectivity index (χ0n) is 16.6. The van der Waals surface area contributed by atoms with Crippen LogP contribution in [0.2, 0.25) is 0 Å². The van der Waals surface area contributed by atoms with Crippen LogP contribution in [0.5, 0.6) is 5.75 Å². The second-order valence-corrected chi connectivity index (χ2v) is 7.64. The maximum Gasteiger partial charge on any atom is 0.254 e. The van der Waals surface area contributed by atoms with E-state index in [0.29, 0.717) is 30.4 Å². The van der Waals surface area contributed by atoms with Gasteiger partial charge in [0.2, 0.25) is 0 Å². The minimum Gasteiger partial charge on any atom is -0.489 e. The Kier molecular flexibility index (Phi) is 9.45. The summed E-state index contributed by atoms with van der Waals surface area (Å²) in [7, 11) is 0. The normalized spacial score (nSPS) is 16.3. The van der Waals surface area contributed by atoms with Crippen LogP contribution in [0.25, 0.3) is 0 Å². The molecule has 1 unspecified atom stereocenters. The predicted molar refractivity (Wildman–Crippen MR) is 118 cm³/mol. The largest absolute Gasteiger partial charge is 0.489 e. The first-order valence-corrected chi connectivity index (χ1v) is 10.1. The summed E-state index contributed by atoms with van der Waals surface area (Å²) in [5.41, 5.74) is 7.76. The summed E-state index contributed by atoms with van der Waals surface area (Å²) < 4.78 is 5.78. The Labute approximate surface area is 179 Å². The number of nitrogens with two attached hydrogens (primary N) is 1. The van der Waals surface area contributed by atoms with Gasteiger partial charge in [-0.1, -0.05) is 68.5 Å². The fourth-order valence-corrected chi connectivity index (χ4v) is 3.75. The Morgan fingerprint density at radius 2 is 1.83 bits per heavy atom. The molecular weight excluding hydrogens is 388 g/mol. The van der Waals surface area contributed by atoms with Gasteiger partial charge in [-0.15, -0.1) is 12.4 Å². The highest BCUT2D eigenvalue weighted by Gasteiger charge is 2.26. The van der Waals surface area contributed by atoms with E-state index < -0.39 is 18.1 Å². The van der Waals surface area contributed by atoms with Crippen molar-refractivity contribution in [3.8, 4) is 5.75 Å². The molecule has 1 aliphatic carbocycles. The molecule has 5 nitrogen and oxygen atoms in total. The van der Waals surface area contributed by atoms with E-state index in [4.69, 9.17) is 10.5 Å². The van der Waals surface area contributed by atoms with Gasteiger partial charge in [0.25, 0.3) is 5.91 Å². The number of carbonyl (C=O) groups excluding carboxylic acids is 1. The third-order valence-corrected chi connectivity index (χ3v) is 5.35. The van der Waals surface area contributed by atoms with Crippen molar-refractivity contribution in [2.75, 3.05) is 5.32 Å². The molecule has 2 aromatic carbocycles. The Balaban J connectivity index is 0.00000300. The molecule has 0 aromatic heterocycles. The molecule has 0 heterocycles. The van der Waals surface area contributed by atoms with E-state index in [1.165, 1.54) is 19.3 Å². The maximum absolute atomic E-state index is 12.4. The summed E-state index contributed by atoms with van der Waals surface area (Å²) in [6.45, 7) is 0.452. The summed E-state index contributed by atoms with van der Waals surface area (Å²) in [5, 5.41) is 13.1. The molecule has 29 heavy (non-hydrogen) atoms.